The Labute approximate surface area is 228 Å². The second-order valence-electron chi connectivity index (χ2n) is 9.12. The van der Waals surface area contributed by atoms with Gasteiger partial charge in [-0.15, -0.1) is 11.8 Å². The number of rotatable bonds is 11. The number of carbonyl (C=O) groups excluding carboxylic acids is 2. The minimum atomic E-state index is -0.670. The highest BCUT2D eigenvalue weighted by Gasteiger charge is 2.30. The first-order chi connectivity index (χ1) is 17.2. The molecule has 0 unspecified atom stereocenters. The molecule has 3 aromatic rings. The van der Waals surface area contributed by atoms with Gasteiger partial charge in [0.25, 0.3) is 0 Å². The lowest BCUT2D eigenvalue weighted by atomic mass is 10.0. The van der Waals surface area contributed by atoms with Crippen molar-refractivity contribution in [3.8, 4) is 0 Å². The van der Waals surface area contributed by atoms with E-state index in [2.05, 4.69) is 30.4 Å². The van der Waals surface area contributed by atoms with Gasteiger partial charge in [0.2, 0.25) is 11.8 Å². The number of aryl methyl sites for hydroxylation is 1. The molecule has 0 aliphatic heterocycles. The molecular formula is C29H32Cl2N2O2S. The molecule has 3 aromatic carbocycles. The van der Waals surface area contributed by atoms with Crippen molar-refractivity contribution in [2.75, 3.05) is 5.75 Å². The van der Waals surface area contributed by atoms with Crippen LogP contribution in [-0.2, 0) is 28.3 Å². The topological polar surface area (TPSA) is 49.4 Å². The second-order valence-corrected chi connectivity index (χ2v) is 10.9. The fourth-order valence-corrected chi connectivity index (χ4v) is 5.09. The number of halogens is 2. The van der Waals surface area contributed by atoms with Gasteiger partial charge in [0.05, 0.1) is 15.8 Å². The highest BCUT2D eigenvalue weighted by molar-refractivity contribution is 7.99. The maximum atomic E-state index is 13.6. The van der Waals surface area contributed by atoms with Crippen LogP contribution in [0.2, 0.25) is 10.0 Å². The van der Waals surface area contributed by atoms with Crippen molar-refractivity contribution in [1.29, 1.82) is 0 Å². The zero-order chi connectivity index (χ0) is 26.1. The molecule has 0 radical (unpaired) electrons. The van der Waals surface area contributed by atoms with E-state index >= 15 is 0 Å². The molecule has 1 atom stereocenters. The van der Waals surface area contributed by atoms with Crippen molar-refractivity contribution in [2.45, 2.75) is 51.6 Å². The van der Waals surface area contributed by atoms with Gasteiger partial charge in [-0.25, -0.2) is 0 Å². The summed E-state index contributed by atoms with van der Waals surface area (Å²) < 4.78 is 0. The van der Waals surface area contributed by atoms with E-state index in [1.807, 2.05) is 56.3 Å². The lowest BCUT2D eigenvalue weighted by molar-refractivity contribution is -0.139. The standard InChI is InChI=1S/C29H32Cl2N2O2S/c1-20(2)32-29(35)27(16-22-9-5-4-6-10-22)33(17-23-12-13-25(30)26(31)15-23)28(34)19-36-18-24-11-7-8-21(3)14-24/h4-15,20,27H,16-19H2,1-3H3,(H,32,35)/t27-/m1/s1. The molecule has 0 bridgehead atoms. The highest BCUT2D eigenvalue weighted by atomic mass is 35.5. The molecule has 4 nitrogen and oxygen atoms in total. The van der Waals surface area contributed by atoms with Crippen molar-refractivity contribution in [1.82, 2.24) is 10.2 Å². The number of benzene rings is 3. The average Bonchev–Trinajstić information content (AvgIpc) is 2.83. The van der Waals surface area contributed by atoms with E-state index in [1.54, 1.807) is 28.8 Å². The molecule has 0 aliphatic rings. The number of nitrogens with zero attached hydrogens (tertiary/aromatic N) is 1. The monoisotopic (exact) mass is 542 g/mol. The van der Waals surface area contributed by atoms with Crippen LogP contribution in [0.1, 0.15) is 36.1 Å². The number of hydrogen-bond donors (Lipinski definition) is 1. The van der Waals surface area contributed by atoms with Gasteiger partial charge in [0.15, 0.2) is 0 Å². The molecule has 0 heterocycles. The molecule has 3 rings (SSSR count). The van der Waals surface area contributed by atoms with Crippen LogP contribution < -0.4 is 5.32 Å². The number of thioether (sulfide) groups is 1. The minimum absolute atomic E-state index is 0.0478. The Hall–Kier alpha value is -2.47. The van der Waals surface area contributed by atoms with E-state index in [0.29, 0.717) is 16.5 Å². The van der Waals surface area contributed by atoms with Crippen molar-refractivity contribution in [3.05, 3.63) is 105 Å². The first kappa shape index (κ1) is 28.1. The van der Waals surface area contributed by atoms with Crippen LogP contribution in [0.25, 0.3) is 0 Å². The van der Waals surface area contributed by atoms with Crippen LogP contribution >= 0.6 is 35.0 Å². The Bertz CT molecular complexity index is 1170. The van der Waals surface area contributed by atoms with Gasteiger partial charge in [-0.3, -0.25) is 9.59 Å². The lowest BCUT2D eigenvalue weighted by Gasteiger charge is -2.32. The summed E-state index contributed by atoms with van der Waals surface area (Å²) in [5, 5.41) is 3.87. The van der Waals surface area contributed by atoms with Crippen molar-refractivity contribution in [3.63, 3.8) is 0 Å². The van der Waals surface area contributed by atoms with Gasteiger partial charge in [-0.1, -0.05) is 89.4 Å². The quantitative estimate of drug-likeness (QED) is 0.293. The summed E-state index contributed by atoms with van der Waals surface area (Å²) in [7, 11) is 0. The van der Waals surface area contributed by atoms with Crippen molar-refractivity contribution in [2.24, 2.45) is 0 Å². The number of nitrogens with one attached hydrogen (secondary N) is 1. The summed E-state index contributed by atoms with van der Waals surface area (Å²) in [6.07, 6.45) is 0.412. The normalized spacial score (nSPS) is 11.8. The van der Waals surface area contributed by atoms with Gasteiger partial charge < -0.3 is 10.2 Å². The van der Waals surface area contributed by atoms with E-state index in [1.165, 1.54) is 11.1 Å². The number of hydrogen-bond acceptors (Lipinski definition) is 3. The molecule has 0 aliphatic carbocycles. The SMILES string of the molecule is Cc1cccc(CSCC(=O)N(Cc2ccc(Cl)c(Cl)c2)[C@H](Cc2ccccc2)C(=O)NC(C)C)c1. The molecular weight excluding hydrogens is 511 g/mol. The largest absolute Gasteiger partial charge is 0.352 e. The predicted octanol–water partition coefficient (Wildman–Crippen LogP) is 6.70. The Morgan fingerprint density at radius 3 is 2.28 bits per heavy atom. The maximum absolute atomic E-state index is 13.6. The summed E-state index contributed by atoms with van der Waals surface area (Å²) in [5.41, 5.74) is 4.16. The Morgan fingerprint density at radius 2 is 1.61 bits per heavy atom. The molecule has 0 saturated carbocycles. The van der Waals surface area contributed by atoms with Crippen LogP contribution in [0.15, 0.2) is 72.8 Å². The zero-order valence-electron chi connectivity index (χ0n) is 20.8. The van der Waals surface area contributed by atoms with Gasteiger partial charge in [-0.05, 0) is 49.6 Å². The average molecular weight is 544 g/mol. The molecule has 0 saturated heterocycles. The smallest absolute Gasteiger partial charge is 0.243 e. The van der Waals surface area contributed by atoms with E-state index in [0.717, 1.165) is 16.9 Å². The molecule has 0 fully saturated rings. The maximum Gasteiger partial charge on any atom is 0.243 e. The molecule has 2 amide bonds. The zero-order valence-corrected chi connectivity index (χ0v) is 23.2. The lowest BCUT2D eigenvalue weighted by Crippen LogP contribution is -2.52. The van der Waals surface area contributed by atoms with E-state index in [9.17, 15) is 9.59 Å². The van der Waals surface area contributed by atoms with E-state index < -0.39 is 6.04 Å². The molecule has 7 heteroatoms. The summed E-state index contributed by atoms with van der Waals surface area (Å²) in [5.74, 6) is 0.704. The first-order valence-electron chi connectivity index (χ1n) is 11.9. The van der Waals surface area contributed by atoms with Gasteiger partial charge in [0.1, 0.15) is 6.04 Å². The van der Waals surface area contributed by atoms with Gasteiger partial charge in [0, 0.05) is 24.8 Å². The Balaban J connectivity index is 1.87. The third kappa shape index (κ3) is 8.58. The highest BCUT2D eigenvalue weighted by Crippen LogP contribution is 2.25. The van der Waals surface area contributed by atoms with Crippen molar-refractivity contribution < 1.29 is 9.59 Å². The summed E-state index contributed by atoms with van der Waals surface area (Å²) in [6, 6.07) is 22.6. The first-order valence-corrected chi connectivity index (χ1v) is 13.8. The summed E-state index contributed by atoms with van der Waals surface area (Å²) >= 11 is 13.9. The minimum Gasteiger partial charge on any atom is -0.352 e. The Kier molecular flexibility index (Phi) is 10.7. The van der Waals surface area contributed by atoms with E-state index in [4.69, 9.17) is 23.2 Å². The van der Waals surface area contributed by atoms with Crippen LogP contribution in [0.5, 0.6) is 0 Å². The van der Waals surface area contributed by atoms with Crippen LogP contribution in [0.3, 0.4) is 0 Å². The molecule has 0 spiro atoms. The van der Waals surface area contributed by atoms with Gasteiger partial charge in [-0.2, -0.15) is 0 Å². The summed E-state index contributed by atoms with van der Waals surface area (Å²) in [6.45, 7) is 6.14. The van der Waals surface area contributed by atoms with Crippen LogP contribution in [-0.4, -0.2) is 34.6 Å². The third-order valence-corrected chi connectivity index (χ3v) is 7.34. The number of carbonyl (C=O) groups is 2. The molecule has 0 aromatic heterocycles. The molecule has 36 heavy (non-hydrogen) atoms. The Morgan fingerprint density at radius 1 is 0.889 bits per heavy atom. The van der Waals surface area contributed by atoms with Crippen LogP contribution in [0.4, 0.5) is 0 Å². The number of amides is 2. The van der Waals surface area contributed by atoms with Crippen molar-refractivity contribution >= 4 is 46.8 Å². The van der Waals surface area contributed by atoms with Crippen LogP contribution in [0, 0.1) is 6.92 Å². The summed E-state index contributed by atoms with van der Waals surface area (Å²) in [4.78, 5) is 28.7. The fourth-order valence-electron chi connectivity index (χ4n) is 3.91. The molecule has 190 valence electrons. The second kappa shape index (κ2) is 13.7. The van der Waals surface area contributed by atoms with E-state index in [-0.39, 0.29) is 30.2 Å². The third-order valence-electron chi connectivity index (χ3n) is 5.62. The fraction of sp³-hybridized carbons (Fsp3) is 0.310. The molecule has 1 N–H and O–H groups in total. The predicted molar refractivity (Wildman–Crippen MR) is 152 cm³/mol. The van der Waals surface area contributed by atoms with Gasteiger partial charge >= 0.3 is 0 Å².